The molecule has 0 saturated carbocycles. The van der Waals surface area contributed by atoms with E-state index < -0.39 is 9.64 Å². The van der Waals surface area contributed by atoms with E-state index in [4.69, 9.17) is 0 Å². The van der Waals surface area contributed by atoms with Gasteiger partial charge in [-0.2, -0.15) is 0 Å². The fourth-order valence-corrected chi connectivity index (χ4v) is 0.822. The van der Waals surface area contributed by atoms with Crippen LogP contribution in [-0.2, 0) is 33.9 Å². The first-order valence-electron chi connectivity index (χ1n) is 1.12. The molecule has 1 atom stereocenters. The second kappa shape index (κ2) is 3.73. The largest absolute Gasteiger partial charge is 0.295 e. The highest BCUT2D eigenvalue weighted by atomic mass is 33.1. The summed E-state index contributed by atoms with van der Waals surface area (Å²) >= 11 is 4.28. The predicted octanol–water partition coefficient (Wildman–Crippen LogP) is -0.512. The molecule has 0 radical (unpaired) electrons. The molecular formula is CH4O2S3. The predicted molar refractivity (Wildman–Crippen MR) is 31.3 cm³/mol. The molecule has 0 aliphatic carbocycles. The van der Waals surface area contributed by atoms with Crippen LogP contribution in [0.25, 0.3) is 0 Å². The highest BCUT2D eigenvalue weighted by Gasteiger charge is 1.60. The molecule has 0 rings (SSSR count). The Bertz CT molecular complexity index is 117. The first-order chi connectivity index (χ1) is 2.81. The summed E-state index contributed by atoms with van der Waals surface area (Å²) in [5.74, 6) is 0. The Morgan fingerprint density at radius 1 is 2.00 bits per heavy atom. The molecule has 0 bridgehead atoms. The molecule has 0 aromatic carbocycles. The minimum absolute atomic E-state index is 0.795. The molecule has 0 N–H and O–H groups in total. The maximum Gasteiger partial charge on any atom is 0.132 e. The van der Waals surface area contributed by atoms with E-state index in [0.29, 0.717) is 0 Å². The van der Waals surface area contributed by atoms with Crippen LogP contribution in [-0.4, -0.2) is 11.3 Å². The second-order valence-corrected chi connectivity index (χ2v) is 4.13. The van der Waals surface area contributed by atoms with Gasteiger partial charge in [0.2, 0.25) is 0 Å². The molecule has 2 nitrogen and oxygen atoms in total. The maximum atomic E-state index is 9.97. The number of rotatable bonds is 1. The summed E-state index contributed by atoms with van der Waals surface area (Å²) in [6.07, 6.45) is 0. The molecule has 1 unspecified atom stereocenters. The molecule has 0 spiro atoms. The molecule has 0 heterocycles. The van der Waals surface area contributed by atoms with E-state index in [0.717, 1.165) is 8.88 Å². The zero-order chi connectivity index (χ0) is 4.99. The second-order valence-electron chi connectivity index (χ2n) is 0.481. The van der Waals surface area contributed by atoms with Gasteiger partial charge in [-0.15, -0.1) is 0 Å². The summed E-state index contributed by atoms with van der Waals surface area (Å²) in [5, 5.41) is 0. The van der Waals surface area contributed by atoms with Crippen molar-refractivity contribution >= 4 is 29.7 Å². The molecule has 0 aromatic rings. The van der Waals surface area contributed by atoms with E-state index in [2.05, 4.69) is 15.4 Å². The third kappa shape index (κ3) is 2.77. The number of hydrogen-bond donors (Lipinski definition) is 1. The molecule has 0 aliphatic rings. The van der Waals surface area contributed by atoms with Gasteiger partial charge in [-0.1, -0.05) is 0 Å². The van der Waals surface area contributed by atoms with Crippen molar-refractivity contribution in [3.8, 4) is 0 Å². The van der Waals surface area contributed by atoms with Crippen LogP contribution >= 0.6 is 0 Å². The van der Waals surface area contributed by atoms with Crippen molar-refractivity contribution in [1.82, 2.24) is 0 Å². The van der Waals surface area contributed by atoms with Gasteiger partial charge >= 0.3 is 0 Å². The normalized spacial score (nSPS) is 13.5. The first kappa shape index (κ1) is 6.55. The average molecular weight is 144 g/mol. The van der Waals surface area contributed by atoms with Crippen LogP contribution in [0.1, 0.15) is 0 Å². The van der Waals surface area contributed by atoms with E-state index in [-0.39, 0.29) is 0 Å². The van der Waals surface area contributed by atoms with E-state index in [1.54, 1.807) is 0 Å². The Hall–Kier alpha value is 0.550. The van der Waals surface area contributed by atoms with Crippen LogP contribution in [0.15, 0.2) is 0 Å². The lowest BCUT2D eigenvalue weighted by Gasteiger charge is -1.72. The maximum absolute atomic E-state index is 9.97. The number of thiol groups is 1. The monoisotopic (exact) mass is 144 g/mol. The van der Waals surface area contributed by atoms with Gasteiger partial charge in [0.25, 0.3) is 0 Å². The summed E-state index contributed by atoms with van der Waals surface area (Å²) < 4.78 is 14.2. The molecule has 0 fully saturated rings. The topological polar surface area (TPSA) is 26.3 Å². The van der Waals surface area contributed by atoms with Gasteiger partial charge < -0.3 is 0 Å². The van der Waals surface area contributed by atoms with Crippen molar-refractivity contribution in [1.29, 1.82) is 0 Å². The number of hydrogen-bond acceptors (Lipinski definition) is 3. The fourth-order valence-electron chi connectivity index (χ4n) is 0.0304. The molecule has 38 valence electrons. The first-order valence-corrected chi connectivity index (χ1v) is 4.65. The lowest BCUT2D eigenvalue weighted by atomic mass is 11.8. The Morgan fingerprint density at radius 2 is 2.50 bits per heavy atom. The Morgan fingerprint density at radius 3 is 2.50 bits per heavy atom. The van der Waals surface area contributed by atoms with Gasteiger partial charge in [0.05, 0.1) is 7.11 Å². The van der Waals surface area contributed by atoms with Crippen LogP contribution in [0.2, 0.25) is 0 Å². The molecular weight excluding hydrogens is 140 g/mol. The van der Waals surface area contributed by atoms with Crippen LogP contribution in [0.5, 0.6) is 0 Å². The van der Waals surface area contributed by atoms with Crippen LogP contribution in [0.4, 0.5) is 0 Å². The third-order valence-corrected chi connectivity index (χ3v) is 2.54. The molecule has 5 heteroatoms. The summed E-state index contributed by atoms with van der Waals surface area (Å²) in [7, 11) is 0.560. The van der Waals surface area contributed by atoms with Gasteiger partial charge in [-0.25, -0.2) is 4.21 Å². The standard InChI is InChI=1S/CH4O2S3/c1-3-6(2)5-4/h6H,1H3. The Labute approximate surface area is 45.6 Å². The fraction of sp³-hybridized carbons (Fsp3) is 1.00. The van der Waals surface area contributed by atoms with Crippen molar-refractivity contribution in [3.05, 3.63) is 0 Å². The van der Waals surface area contributed by atoms with Crippen LogP contribution < -0.4 is 0 Å². The summed E-state index contributed by atoms with van der Waals surface area (Å²) in [6.45, 7) is 0. The van der Waals surface area contributed by atoms with Gasteiger partial charge in [-0.3, -0.25) is 4.18 Å². The van der Waals surface area contributed by atoms with Crippen LogP contribution in [0.3, 0.4) is 0 Å². The van der Waals surface area contributed by atoms with Crippen LogP contribution in [0, 0.1) is 0 Å². The third-order valence-electron chi connectivity index (χ3n) is 0.210. The van der Waals surface area contributed by atoms with Gasteiger partial charge in [0.15, 0.2) is 0 Å². The van der Waals surface area contributed by atoms with E-state index >= 15 is 0 Å². The minimum atomic E-state index is -1.59. The van der Waals surface area contributed by atoms with Crippen molar-refractivity contribution < 1.29 is 8.39 Å². The summed E-state index contributed by atoms with van der Waals surface area (Å²) in [6, 6.07) is 0. The minimum Gasteiger partial charge on any atom is -0.295 e. The average Bonchev–Trinajstić information content (AvgIpc) is 1.65. The Kier molecular flexibility index (Phi) is 4.07. The zero-order valence-electron chi connectivity index (χ0n) is 3.08. The molecule has 0 saturated heterocycles. The van der Waals surface area contributed by atoms with Gasteiger partial charge in [-0.05, 0) is 11.2 Å². The van der Waals surface area contributed by atoms with E-state index in [9.17, 15) is 4.21 Å². The molecule has 6 heavy (non-hydrogen) atoms. The highest BCUT2D eigenvalue weighted by molar-refractivity contribution is 8.42. The highest BCUT2D eigenvalue weighted by Crippen LogP contribution is 1.58. The zero-order valence-corrected chi connectivity index (χ0v) is 5.61. The summed E-state index contributed by atoms with van der Waals surface area (Å²) in [5.41, 5.74) is 0. The smallest absolute Gasteiger partial charge is 0.132 e. The van der Waals surface area contributed by atoms with E-state index in [1.807, 2.05) is 0 Å². The molecule has 0 aliphatic heterocycles. The SMILES string of the molecule is CO[SH](=O)=S=S. The quantitative estimate of drug-likeness (QED) is 0.502. The summed E-state index contributed by atoms with van der Waals surface area (Å²) in [4.78, 5) is 0. The van der Waals surface area contributed by atoms with Crippen molar-refractivity contribution in [3.63, 3.8) is 0 Å². The lowest BCUT2D eigenvalue weighted by Crippen LogP contribution is -1.72. The van der Waals surface area contributed by atoms with Crippen molar-refractivity contribution in [2.45, 2.75) is 0 Å². The lowest BCUT2D eigenvalue weighted by molar-refractivity contribution is 0.460. The van der Waals surface area contributed by atoms with E-state index in [1.165, 1.54) is 7.11 Å². The van der Waals surface area contributed by atoms with Crippen molar-refractivity contribution in [2.75, 3.05) is 7.11 Å². The van der Waals surface area contributed by atoms with Gasteiger partial charge in [0.1, 0.15) is 9.64 Å². The Balaban J connectivity index is 3.89. The molecule has 0 amide bonds. The molecule has 0 aromatic heterocycles. The van der Waals surface area contributed by atoms with Crippen molar-refractivity contribution in [2.24, 2.45) is 0 Å². The van der Waals surface area contributed by atoms with Gasteiger partial charge in [0, 0.05) is 8.88 Å².